The van der Waals surface area contributed by atoms with E-state index in [0.29, 0.717) is 24.6 Å². The van der Waals surface area contributed by atoms with Gasteiger partial charge in [-0.1, -0.05) is 19.1 Å². The van der Waals surface area contributed by atoms with Crippen LogP contribution in [-0.2, 0) is 11.3 Å². The van der Waals surface area contributed by atoms with Crippen molar-refractivity contribution in [1.29, 1.82) is 0 Å². The Bertz CT molecular complexity index is 588. The number of hydrogen-bond donors (Lipinski definition) is 1. The Morgan fingerprint density at radius 3 is 2.65 bits per heavy atom. The molecule has 0 atom stereocenters. The molecule has 0 aliphatic rings. The minimum Gasteiger partial charge on any atom is -0.405 e. The summed E-state index contributed by atoms with van der Waals surface area (Å²) in [5.74, 6) is 0.295. The molecule has 5 nitrogen and oxygen atoms in total. The minimum atomic E-state index is -0.309. The highest BCUT2D eigenvalue weighted by molar-refractivity contribution is 5.72. The van der Waals surface area contributed by atoms with Crippen LogP contribution in [0.2, 0.25) is 0 Å². The molecule has 0 spiro atoms. The van der Waals surface area contributed by atoms with Crippen molar-refractivity contribution in [2.75, 3.05) is 0 Å². The van der Waals surface area contributed by atoms with Crippen LogP contribution in [0, 0.1) is 6.92 Å². The summed E-state index contributed by atoms with van der Waals surface area (Å²) in [7, 11) is 0. The second-order valence-electron chi connectivity index (χ2n) is 4.52. The number of benzene rings is 1. The molecule has 2 N–H and O–H groups in total. The molecule has 0 unspecified atom stereocenters. The van der Waals surface area contributed by atoms with E-state index in [9.17, 15) is 4.79 Å². The van der Waals surface area contributed by atoms with Gasteiger partial charge in [0.2, 0.25) is 5.89 Å². The average molecular weight is 274 g/mol. The van der Waals surface area contributed by atoms with Crippen LogP contribution < -0.4 is 10.5 Å². The summed E-state index contributed by atoms with van der Waals surface area (Å²) in [5.41, 5.74) is 7.97. The van der Waals surface area contributed by atoms with Crippen molar-refractivity contribution < 1.29 is 13.9 Å². The number of rotatable bonds is 5. The number of aromatic nitrogens is 1. The van der Waals surface area contributed by atoms with Crippen molar-refractivity contribution >= 4 is 5.97 Å². The van der Waals surface area contributed by atoms with E-state index in [0.717, 1.165) is 17.5 Å². The number of aryl methyl sites for hydroxylation is 1. The summed E-state index contributed by atoms with van der Waals surface area (Å²) in [5, 5.41) is 0. The summed E-state index contributed by atoms with van der Waals surface area (Å²) in [6.07, 6.45) is 1.10. The average Bonchev–Trinajstić information content (AvgIpc) is 2.80. The van der Waals surface area contributed by atoms with Gasteiger partial charge < -0.3 is 14.9 Å². The van der Waals surface area contributed by atoms with Gasteiger partial charge in [-0.05, 0) is 31.0 Å². The molecule has 20 heavy (non-hydrogen) atoms. The lowest BCUT2D eigenvalue weighted by Gasteiger charge is -1.99. The highest BCUT2D eigenvalue weighted by Crippen LogP contribution is 2.27. The first kappa shape index (κ1) is 14.3. The molecule has 0 aliphatic heterocycles. The van der Waals surface area contributed by atoms with E-state index >= 15 is 0 Å². The third-order valence-electron chi connectivity index (χ3n) is 2.85. The molecule has 0 saturated heterocycles. The molecular weight excluding hydrogens is 256 g/mol. The van der Waals surface area contributed by atoms with Gasteiger partial charge in [0.25, 0.3) is 0 Å². The molecule has 5 heteroatoms. The van der Waals surface area contributed by atoms with Crippen LogP contribution in [-0.4, -0.2) is 11.0 Å². The second-order valence-corrected chi connectivity index (χ2v) is 4.52. The largest absolute Gasteiger partial charge is 0.405 e. The van der Waals surface area contributed by atoms with Crippen molar-refractivity contribution in [3.05, 3.63) is 35.5 Å². The predicted molar refractivity (Wildman–Crippen MR) is 75.1 cm³/mol. The smallest absolute Gasteiger partial charge is 0.316 e. The van der Waals surface area contributed by atoms with Crippen molar-refractivity contribution in [2.45, 2.75) is 33.2 Å². The Hall–Kier alpha value is -2.14. The fourth-order valence-electron chi connectivity index (χ4n) is 1.74. The van der Waals surface area contributed by atoms with Crippen LogP contribution in [0.1, 0.15) is 31.0 Å². The van der Waals surface area contributed by atoms with Gasteiger partial charge in [0.05, 0.1) is 0 Å². The van der Waals surface area contributed by atoms with Gasteiger partial charge in [0.1, 0.15) is 5.69 Å². The highest BCUT2D eigenvalue weighted by Gasteiger charge is 2.15. The summed E-state index contributed by atoms with van der Waals surface area (Å²) < 4.78 is 10.7. The maximum Gasteiger partial charge on any atom is 0.316 e. The number of carbonyl (C=O) groups is 1. The topological polar surface area (TPSA) is 78.3 Å². The number of nitrogens with two attached hydrogens (primary N) is 1. The van der Waals surface area contributed by atoms with Gasteiger partial charge in [0, 0.05) is 18.5 Å². The first-order chi connectivity index (χ1) is 9.63. The SMILES string of the molecule is CCCC(=O)Oc1oc(-c2ccc(CN)cc2)nc1C. The van der Waals surface area contributed by atoms with E-state index in [2.05, 4.69) is 4.98 Å². The molecule has 106 valence electrons. The van der Waals surface area contributed by atoms with Crippen molar-refractivity contribution in [2.24, 2.45) is 5.73 Å². The highest BCUT2D eigenvalue weighted by atomic mass is 16.6. The van der Waals surface area contributed by atoms with Crippen molar-refractivity contribution in [3.8, 4) is 17.4 Å². The molecule has 1 aromatic carbocycles. The van der Waals surface area contributed by atoms with Crippen molar-refractivity contribution in [3.63, 3.8) is 0 Å². The Balaban J connectivity index is 2.19. The lowest BCUT2D eigenvalue weighted by molar-refractivity contribution is -0.135. The zero-order valence-electron chi connectivity index (χ0n) is 11.7. The number of carbonyl (C=O) groups excluding carboxylic acids is 1. The van der Waals surface area contributed by atoms with E-state index in [4.69, 9.17) is 14.9 Å². The zero-order chi connectivity index (χ0) is 14.5. The number of ether oxygens (including phenoxy) is 1. The van der Waals surface area contributed by atoms with Gasteiger partial charge in [-0.3, -0.25) is 4.79 Å². The normalized spacial score (nSPS) is 10.6. The number of nitrogens with zero attached hydrogens (tertiary/aromatic N) is 1. The molecule has 0 amide bonds. The summed E-state index contributed by atoms with van der Waals surface area (Å²) >= 11 is 0. The van der Waals surface area contributed by atoms with Crippen LogP contribution in [0.3, 0.4) is 0 Å². The monoisotopic (exact) mass is 274 g/mol. The Kier molecular flexibility index (Phi) is 4.53. The lowest BCUT2D eigenvalue weighted by atomic mass is 10.1. The van der Waals surface area contributed by atoms with Gasteiger partial charge >= 0.3 is 11.9 Å². The first-order valence-corrected chi connectivity index (χ1v) is 6.61. The molecular formula is C15H18N2O3. The van der Waals surface area contributed by atoms with Gasteiger partial charge in [0.15, 0.2) is 0 Å². The van der Waals surface area contributed by atoms with Crippen LogP contribution >= 0.6 is 0 Å². The molecule has 2 rings (SSSR count). The number of esters is 1. The second kappa shape index (κ2) is 6.34. The quantitative estimate of drug-likeness (QED) is 0.848. The van der Waals surface area contributed by atoms with Crippen LogP contribution in [0.4, 0.5) is 0 Å². The third kappa shape index (κ3) is 3.24. The number of oxazole rings is 1. The minimum absolute atomic E-state index is 0.168. The molecule has 0 saturated carbocycles. The fourth-order valence-corrected chi connectivity index (χ4v) is 1.74. The molecule has 2 aromatic rings. The maximum absolute atomic E-state index is 11.5. The van der Waals surface area contributed by atoms with Gasteiger partial charge in [-0.15, -0.1) is 0 Å². The zero-order valence-corrected chi connectivity index (χ0v) is 11.7. The van der Waals surface area contributed by atoms with Gasteiger partial charge in [-0.2, -0.15) is 0 Å². The third-order valence-corrected chi connectivity index (χ3v) is 2.85. The van der Waals surface area contributed by atoms with Gasteiger partial charge in [-0.25, -0.2) is 4.98 Å². The maximum atomic E-state index is 11.5. The first-order valence-electron chi connectivity index (χ1n) is 6.61. The summed E-state index contributed by atoms with van der Waals surface area (Å²) in [6, 6.07) is 7.59. The lowest BCUT2D eigenvalue weighted by Crippen LogP contribution is -2.06. The Morgan fingerprint density at radius 2 is 2.05 bits per heavy atom. The molecule has 0 radical (unpaired) electrons. The summed E-state index contributed by atoms with van der Waals surface area (Å²) in [4.78, 5) is 15.7. The van der Waals surface area contributed by atoms with Crippen LogP contribution in [0.25, 0.3) is 11.5 Å². The summed E-state index contributed by atoms with van der Waals surface area (Å²) in [6.45, 7) is 4.15. The molecule has 1 aromatic heterocycles. The number of hydrogen-bond acceptors (Lipinski definition) is 5. The van der Waals surface area contributed by atoms with E-state index in [-0.39, 0.29) is 11.9 Å². The standard InChI is InChI=1S/C15H18N2O3/c1-3-4-13(18)19-15-10(2)17-14(20-15)12-7-5-11(9-16)6-8-12/h5-8H,3-4,9,16H2,1-2H3. The van der Waals surface area contributed by atoms with E-state index in [1.165, 1.54) is 0 Å². The molecule has 0 fully saturated rings. The predicted octanol–water partition coefficient (Wildman–Crippen LogP) is 2.81. The van der Waals surface area contributed by atoms with E-state index in [1.54, 1.807) is 6.92 Å². The molecule has 0 bridgehead atoms. The van der Waals surface area contributed by atoms with E-state index < -0.39 is 0 Å². The van der Waals surface area contributed by atoms with Crippen molar-refractivity contribution in [1.82, 2.24) is 4.98 Å². The Morgan fingerprint density at radius 1 is 1.35 bits per heavy atom. The molecule has 1 heterocycles. The Labute approximate surface area is 117 Å². The van der Waals surface area contributed by atoms with E-state index in [1.807, 2.05) is 31.2 Å². The molecule has 0 aliphatic carbocycles. The van der Waals surface area contributed by atoms with Crippen LogP contribution in [0.15, 0.2) is 28.7 Å². The fraction of sp³-hybridized carbons (Fsp3) is 0.333. The van der Waals surface area contributed by atoms with Crippen LogP contribution in [0.5, 0.6) is 5.95 Å².